The molecule has 0 amide bonds. The predicted molar refractivity (Wildman–Crippen MR) is 80.1 cm³/mol. The molecule has 1 aromatic carbocycles. The highest BCUT2D eigenvalue weighted by Crippen LogP contribution is 2.39. The van der Waals surface area contributed by atoms with Crippen molar-refractivity contribution in [1.29, 1.82) is 0 Å². The van der Waals surface area contributed by atoms with Crippen LogP contribution in [0.5, 0.6) is 5.75 Å². The Balaban J connectivity index is 1.83. The van der Waals surface area contributed by atoms with Crippen molar-refractivity contribution in [3.05, 3.63) is 24.3 Å². The van der Waals surface area contributed by atoms with Gasteiger partial charge in [-0.05, 0) is 44.7 Å². The van der Waals surface area contributed by atoms with Crippen LogP contribution in [0.1, 0.15) is 26.7 Å². The molecule has 0 unspecified atom stereocenters. The molecule has 5 nitrogen and oxygen atoms in total. The van der Waals surface area contributed by atoms with Crippen LogP contribution >= 0.6 is 0 Å². The molecule has 1 fully saturated rings. The number of ether oxygens (including phenoxy) is 1. The van der Waals surface area contributed by atoms with Crippen LogP contribution in [0.15, 0.2) is 24.3 Å². The van der Waals surface area contributed by atoms with Crippen LogP contribution in [0, 0.1) is 5.92 Å². The summed E-state index contributed by atoms with van der Waals surface area (Å²) < 4.78 is 32.2. The quantitative estimate of drug-likeness (QED) is 0.752. The van der Waals surface area contributed by atoms with Gasteiger partial charge in [-0.15, -0.1) is 0 Å². The lowest BCUT2D eigenvalue weighted by Crippen LogP contribution is -2.46. The smallest absolute Gasteiger partial charge is 0.215 e. The first kappa shape index (κ1) is 15.1. The van der Waals surface area contributed by atoms with E-state index in [0.717, 1.165) is 12.8 Å². The molecular weight excluding hydrogens is 276 g/mol. The average Bonchev–Trinajstić information content (AvgIpc) is 3.10. The van der Waals surface area contributed by atoms with E-state index in [2.05, 4.69) is 4.72 Å². The Kier molecular flexibility index (Phi) is 4.25. The van der Waals surface area contributed by atoms with Gasteiger partial charge < -0.3 is 10.5 Å². The van der Waals surface area contributed by atoms with Gasteiger partial charge in [0.25, 0.3) is 0 Å². The largest absolute Gasteiger partial charge is 0.492 e. The fourth-order valence-corrected chi connectivity index (χ4v) is 3.59. The van der Waals surface area contributed by atoms with Gasteiger partial charge in [-0.1, -0.05) is 6.07 Å². The molecule has 0 aromatic heterocycles. The molecule has 6 heteroatoms. The number of rotatable bonds is 7. The van der Waals surface area contributed by atoms with Crippen LogP contribution in [0.4, 0.5) is 5.69 Å². The van der Waals surface area contributed by atoms with E-state index in [4.69, 9.17) is 10.5 Å². The Morgan fingerprint density at radius 3 is 2.70 bits per heavy atom. The minimum absolute atomic E-state index is 0.0576. The number of nitrogens with one attached hydrogen (secondary N) is 1. The van der Waals surface area contributed by atoms with E-state index in [1.165, 1.54) is 0 Å². The van der Waals surface area contributed by atoms with Crippen molar-refractivity contribution in [3.63, 3.8) is 0 Å². The zero-order valence-corrected chi connectivity index (χ0v) is 12.7. The minimum Gasteiger partial charge on any atom is -0.492 e. The maximum atomic E-state index is 12.0. The second kappa shape index (κ2) is 5.61. The second-order valence-electron chi connectivity index (χ2n) is 5.84. The van der Waals surface area contributed by atoms with Crippen LogP contribution in [-0.4, -0.2) is 26.3 Å². The third kappa shape index (κ3) is 4.38. The molecule has 0 atom stereocenters. The molecule has 0 heterocycles. The van der Waals surface area contributed by atoms with Gasteiger partial charge in [0.15, 0.2) is 0 Å². The van der Waals surface area contributed by atoms with Crippen molar-refractivity contribution in [1.82, 2.24) is 4.72 Å². The molecule has 2 rings (SSSR count). The number of anilines is 1. The van der Waals surface area contributed by atoms with Gasteiger partial charge >= 0.3 is 0 Å². The first-order chi connectivity index (χ1) is 9.28. The minimum atomic E-state index is -3.33. The second-order valence-corrected chi connectivity index (χ2v) is 7.68. The van der Waals surface area contributed by atoms with Crippen LogP contribution in [0.25, 0.3) is 0 Å². The van der Waals surface area contributed by atoms with Crippen molar-refractivity contribution in [2.45, 2.75) is 32.2 Å². The zero-order valence-electron chi connectivity index (χ0n) is 11.9. The standard InChI is InChI=1S/C14H22N2O3S/c1-14(2,11-6-7-11)16-20(17,18)9-8-19-13-5-3-4-12(15)10-13/h3-5,10-11,16H,6-9,15H2,1-2H3. The molecular formula is C14H22N2O3S. The SMILES string of the molecule is CC(C)(NS(=O)(=O)CCOc1cccc(N)c1)C1CC1. The monoisotopic (exact) mass is 298 g/mol. The summed E-state index contributed by atoms with van der Waals surface area (Å²) in [6.45, 7) is 3.97. The highest BCUT2D eigenvalue weighted by Gasteiger charge is 2.40. The number of hydrogen-bond acceptors (Lipinski definition) is 4. The van der Waals surface area contributed by atoms with Crippen LogP contribution in [0.2, 0.25) is 0 Å². The third-order valence-electron chi connectivity index (χ3n) is 3.50. The summed E-state index contributed by atoms with van der Waals surface area (Å²) in [5.74, 6) is 0.978. The van der Waals surface area contributed by atoms with Crippen molar-refractivity contribution in [2.24, 2.45) is 5.92 Å². The Bertz CT molecular complexity index is 566. The normalized spacial score (nSPS) is 16.1. The Hall–Kier alpha value is -1.27. The summed E-state index contributed by atoms with van der Waals surface area (Å²) >= 11 is 0. The number of hydrogen-bond donors (Lipinski definition) is 2. The number of nitrogens with two attached hydrogens (primary N) is 1. The van der Waals surface area contributed by atoms with Crippen LogP contribution in [0.3, 0.4) is 0 Å². The highest BCUT2D eigenvalue weighted by molar-refractivity contribution is 7.89. The molecule has 0 bridgehead atoms. The average molecular weight is 298 g/mol. The van der Waals surface area contributed by atoms with E-state index in [9.17, 15) is 8.42 Å². The highest BCUT2D eigenvalue weighted by atomic mass is 32.2. The van der Waals surface area contributed by atoms with Crippen LogP contribution in [-0.2, 0) is 10.0 Å². The number of benzene rings is 1. The van der Waals surface area contributed by atoms with E-state index < -0.39 is 10.0 Å². The predicted octanol–water partition coefficient (Wildman–Crippen LogP) is 1.76. The summed E-state index contributed by atoms with van der Waals surface area (Å²) in [4.78, 5) is 0. The van der Waals surface area contributed by atoms with E-state index >= 15 is 0 Å². The van der Waals surface area contributed by atoms with E-state index in [-0.39, 0.29) is 17.9 Å². The maximum Gasteiger partial charge on any atom is 0.215 e. The maximum absolute atomic E-state index is 12.0. The third-order valence-corrected chi connectivity index (χ3v) is 5.04. The summed E-state index contributed by atoms with van der Waals surface area (Å²) in [5.41, 5.74) is 5.86. The van der Waals surface area contributed by atoms with E-state index in [1.807, 2.05) is 13.8 Å². The molecule has 1 aliphatic rings. The van der Waals surface area contributed by atoms with Crippen molar-refractivity contribution < 1.29 is 13.2 Å². The van der Waals surface area contributed by atoms with Gasteiger partial charge in [-0.3, -0.25) is 0 Å². The van der Waals surface area contributed by atoms with Gasteiger partial charge in [0.1, 0.15) is 12.4 Å². The molecule has 20 heavy (non-hydrogen) atoms. The molecule has 0 aliphatic heterocycles. The molecule has 0 radical (unpaired) electrons. The lowest BCUT2D eigenvalue weighted by molar-refractivity contribution is 0.337. The van der Waals surface area contributed by atoms with Gasteiger partial charge in [-0.25, -0.2) is 13.1 Å². The summed E-state index contributed by atoms with van der Waals surface area (Å²) in [5, 5.41) is 0. The zero-order chi connectivity index (χ0) is 14.8. The Morgan fingerprint density at radius 1 is 1.40 bits per heavy atom. The molecule has 1 saturated carbocycles. The first-order valence-corrected chi connectivity index (χ1v) is 8.44. The molecule has 1 aliphatic carbocycles. The van der Waals surface area contributed by atoms with Gasteiger partial charge in [0.05, 0.1) is 5.75 Å². The molecule has 0 saturated heterocycles. The Morgan fingerprint density at radius 2 is 2.10 bits per heavy atom. The van der Waals surface area contributed by atoms with Crippen molar-refractivity contribution in [2.75, 3.05) is 18.1 Å². The Labute approximate surface area is 120 Å². The van der Waals surface area contributed by atoms with Crippen molar-refractivity contribution >= 4 is 15.7 Å². The van der Waals surface area contributed by atoms with E-state index in [1.54, 1.807) is 24.3 Å². The summed E-state index contributed by atoms with van der Waals surface area (Å²) in [6, 6.07) is 6.95. The number of sulfonamides is 1. The molecule has 112 valence electrons. The molecule has 3 N–H and O–H groups in total. The van der Waals surface area contributed by atoms with E-state index in [0.29, 0.717) is 17.4 Å². The molecule has 1 aromatic rings. The topological polar surface area (TPSA) is 81.4 Å². The van der Waals surface area contributed by atoms with Gasteiger partial charge in [0, 0.05) is 17.3 Å². The number of nitrogen functional groups attached to an aromatic ring is 1. The lowest BCUT2D eigenvalue weighted by atomic mass is 10.0. The fourth-order valence-electron chi connectivity index (χ4n) is 2.21. The lowest BCUT2D eigenvalue weighted by Gasteiger charge is -2.25. The summed E-state index contributed by atoms with van der Waals surface area (Å²) in [6.07, 6.45) is 2.19. The van der Waals surface area contributed by atoms with Crippen molar-refractivity contribution in [3.8, 4) is 5.75 Å². The first-order valence-electron chi connectivity index (χ1n) is 6.78. The van der Waals surface area contributed by atoms with Gasteiger partial charge in [0.2, 0.25) is 10.0 Å². The summed E-state index contributed by atoms with van der Waals surface area (Å²) in [7, 11) is -3.33. The molecule has 0 spiro atoms. The fraction of sp³-hybridized carbons (Fsp3) is 0.571. The van der Waals surface area contributed by atoms with Crippen LogP contribution < -0.4 is 15.2 Å². The van der Waals surface area contributed by atoms with Gasteiger partial charge in [-0.2, -0.15) is 0 Å².